The van der Waals surface area contributed by atoms with E-state index in [1.165, 1.54) is 24.3 Å². The van der Waals surface area contributed by atoms with E-state index in [4.69, 9.17) is 10.6 Å². The van der Waals surface area contributed by atoms with Gasteiger partial charge >= 0.3 is 6.18 Å². The summed E-state index contributed by atoms with van der Waals surface area (Å²) in [5.74, 6) is 4.07. The molecule has 21 heavy (non-hydrogen) atoms. The molecule has 0 spiro atoms. The Morgan fingerprint density at radius 1 is 1.05 bits per heavy atom. The zero-order valence-electron chi connectivity index (χ0n) is 10.4. The molecule has 0 aromatic heterocycles. The first-order valence-electron chi connectivity index (χ1n) is 5.51. The van der Waals surface area contributed by atoms with Crippen LogP contribution in [0.4, 0.5) is 23.2 Å². The summed E-state index contributed by atoms with van der Waals surface area (Å²) in [4.78, 5) is 0. The molecule has 3 N–H and O–H groups in total. The highest BCUT2D eigenvalue weighted by Gasteiger charge is 2.30. The third-order valence-electron chi connectivity index (χ3n) is 2.49. The lowest BCUT2D eigenvalue weighted by atomic mass is 10.2. The summed E-state index contributed by atoms with van der Waals surface area (Å²) in [6.45, 7) is 0. The van der Waals surface area contributed by atoms with Gasteiger partial charge in [0.2, 0.25) is 0 Å². The molecular weight excluding hydrogens is 312 g/mol. The number of hydrogen-bond donors (Lipinski definition) is 2. The lowest BCUT2D eigenvalue weighted by Gasteiger charge is -2.11. The summed E-state index contributed by atoms with van der Waals surface area (Å²) < 4.78 is 56.3. The van der Waals surface area contributed by atoms with E-state index < -0.39 is 17.6 Å². The standard InChI is InChI=1S/C13H10F4N2O.ClH/c14-11-7-9(19-18)4-5-12(11)20-10-3-1-2-8(6-10)13(15,16)17;/h1-7,19H,18H2;1H. The van der Waals surface area contributed by atoms with Gasteiger partial charge < -0.3 is 10.2 Å². The molecule has 0 saturated carbocycles. The molecule has 2 rings (SSSR count). The molecule has 114 valence electrons. The number of nitrogen functional groups attached to an aromatic ring is 1. The van der Waals surface area contributed by atoms with E-state index in [1.807, 2.05) is 0 Å². The van der Waals surface area contributed by atoms with Gasteiger partial charge in [0.25, 0.3) is 0 Å². The molecule has 0 fully saturated rings. The topological polar surface area (TPSA) is 47.3 Å². The normalized spacial score (nSPS) is 10.7. The third kappa shape index (κ3) is 4.24. The van der Waals surface area contributed by atoms with Gasteiger partial charge in [0.05, 0.1) is 11.3 Å². The fourth-order valence-corrected chi connectivity index (χ4v) is 1.54. The molecule has 0 saturated heterocycles. The van der Waals surface area contributed by atoms with Crippen LogP contribution in [-0.2, 0) is 6.18 Å². The maximum Gasteiger partial charge on any atom is 0.416 e. The van der Waals surface area contributed by atoms with Crippen molar-refractivity contribution in [1.82, 2.24) is 0 Å². The fraction of sp³-hybridized carbons (Fsp3) is 0.0769. The molecule has 0 amide bonds. The molecule has 8 heteroatoms. The van der Waals surface area contributed by atoms with E-state index in [2.05, 4.69) is 5.43 Å². The van der Waals surface area contributed by atoms with Crippen molar-refractivity contribution in [3.8, 4) is 11.5 Å². The van der Waals surface area contributed by atoms with Gasteiger partial charge in [0, 0.05) is 6.07 Å². The second-order valence-corrected chi connectivity index (χ2v) is 3.92. The number of hydrogen-bond acceptors (Lipinski definition) is 3. The number of alkyl halides is 3. The summed E-state index contributed by atoms with van der Waals surface area (Å²) in [6.07, 6.45) is -4.48. The average molecular weight is 323 g/mol. The van der Waals surface area contributed by atoms with E-state index >= 15 is 0 Å². The molecule has 3 nitrogen and oxygen atoms in total. The van der Waals surface area contributed by atoms with Gasteiger partial charge in [-0.2, -0.15) is 13.2 Å². The van der Waals surface area contributed by atoms with Crippen LogP contribution in [0.15, 0.2) is 42.5 Å². The second-order valence-electron chi connectivity index (χ2n) is 3.92. The number of halogens is 5. The fourth-order valence-electron chi connectivity index (χ4n) is 1.54. The van der Waals surface area contributed by atoms with Crippen LogP contribution in [0.2, 0.25) is 0 Å². The van der Waals surface area contributed by atoms with Crippen LogP contribution >= 0.6 is 12.4 Å². The van der Waals surface area contributed by atoms with Crippen LogP contribution in [0.5, 0.6) is 11.5 Å². The summed E-state index contributed by atoms with van der Waals surface area (Å²) in [6, 6.07) is 7.98. The molecule has 0 bridgehead atoms. The summed E-state index contributed by atoms with van der Waals surface area (Å²) in [5.41, 5.74) is 1.70. The van der Waals surface area contributed by atoms with Crippen molar-refractivity contribution >= 4 is 18.1 Å². The quantitative estimate of drug-likeness (QED) is 0.502. The Balaban J connectivity index is 0.00000220. The summed E-state index contributed by atoms with van der Waals surface area (Å²) >= 11 is 0. The third-order valence-corrected chi connectivity index (χ3v) is 2.49. The van der Waals surface area contributed by atoms with E-state index in [-0.39, 0.29) is 23.9 Å². The van der Waals surface area contributed by atoms with Crippen molar-refractivity contribution in [1.29, 1.82) is 0 Å². The Labute approximate surface area is 124 Å². The zero-order chi connectivity index (χ0) is 14.8. The predicted octanol–water partition coefficient (Wildman–Crippen LogP) is 4.34. The largest absolute Gasteiger partial charge is 0.454 e. The molecule has 0 aliphatic carbocycles. The maximum absolute atomic E-state index is 13.6. The average Bonchev–Trinajstić information content (AvgIpc) is 2.40. The predicted molar refractivity (Wildman–Crippen MR) is 73.0 cm³/mol. The highest BCUT2D eigenvalue weighted by atomic mass is 35.5. The number of nitrogens with one attached hydrogen (secondary N) is 1. The minimum absolute atomic E-state index is 0. The number of ether oxygens (including phenoxy) is 1. The molecule has 2 aromatic rings. The lowest BCUT2D eigenvalue weighted by molar-refractivity contribution is -0.137. The molecule has 0 radical (unpaired) electrons. The lowest BCUT2D eigenvalue weighted by Crippen LogP contribution is -2.07. The van der Waals surface area contributed by atoms with Crippen molar-refractivity contribution < 1.29 is 22.3 Å². The SMILES string of the molecule is Cl.NNc1ccc(Oc2cccc(C(F)(F)F)c2)c(F)c1. The smallest absolute Gasteiger partial charge is 0.416 e. The van der Waals surface area contributed by atoms with Crippen molar-refractivity contribution in [3.05, 3.63) is 53.8 Å². The summed E-state index contributed by atoms with van der Waals surface area (Å²) in [7, 11) is 0. The zero-order valence-corrected chi connectivity index (χ0v) is 11.3. The van der Waals surface area contributed by atoms with Gasteiger partial charge in [-0.25, -0.2) is 4.39 Å². The van der Waals surface area contributed by atoms with E-state index in [9.17, 15) is 17.6 Å². The first kappa shape index (κ1) is 17.1. The Morgan fingerprint density at radius 3 is 2.33 bits per heavy atom. The maximum atomic E-state index is 13.6. The van der Waals surface area contributed by atoms with Crippen molar-refractivity contribution in [2.24, 2.45) is 5.84 Å². The number of nitrogens with two attached hydrogens (primary N) is 1. The van der Waals surface area contributed by atoms with Crippen LogP contribution in [0.3, 0.4) is 0 Å². The van der Waals surface area contributed by atoms with Gasteiger partial charge in [-0.3, -0.25) is 5.84 Å². The van der Waals surface area contributed by atoms with Gasteiger partial charge in [-0.1, -0.05) is 6.07 Å². The highest BCUT2D eigenvalue weighted by Crippen LogP contribution is 2.33. The van der Waals surface area contributed by atoms with Gasteiger partial charge in [-0.15, -0.1) is 12.4 Å². The van der Waals surface area contributed by atoms with Crippen LogP contribution in [0.25, 0.3) is 0 Å². The first-order chi connectivity index (χ1) is 9.40. The van der Waals surface area contributed by atoms with Crippen molar-refractivity contribution in [3.63, 3.8) is 0 Å². The second kappa shape index (κ2) is 6.64. The minimum atomic E-state index is -4.48. The van der Waals surface area contributed by atoms with Gasteiger partial charge in [-0.05, 0) is 30.3 Å². The molecular formula is C13H11ClF4N2O. The minimum Gasteiger partial charge on any atom is -0.454 e. The van der Waals surface area contributed by atoms with Crippen LogP contribution in [0.1, 0.15) is 5.56 Å². The number of benzene rings is 2. The molecule has 0 aliphatic rings. The first-order valence-corrected chi connectivity index (χ1v) is 5.51. The molecule has 0 aliphatic heterocycles. The van der Waals surface area contributed by atoms with Gasteiger partial charge in [0.1, 0.15) is 5.75 Å². The van der Waals surface area contributed by atoms with Crippen LogP contribution < -0.4 is 16.0 Å². The molecule has 0 heterocycles. The van der Waals surface area contributed by atoms with Crippen LogP contribution in [0, 0.1) is 5.82 Å². The Bertz CT molecular complexity index is 619. The van der Waals surface area contributed by atoms with E-state index in [0.29, 0.717) is 5.69 Å². The van der Waals surface area contributed by atoms with E-state index in [1.54, 1.807) is 0 Å². The van der Waals surface area contributed by atoms with Gasteiger partial charge in [0.15, 0.2) is 11.6 Å². The Morgan fingerprint density at radius 2 is 1.76 bits per heavy atom. The number of hydrazine groups is 1. The van der Waals surface area contributed by atoms with Crippen molar-refractivity contribution in [2.45, 2.75) is 6.18 Å². The van der Waals surface area contributed by atoms with E-state index in [0.717, 1.165) is 18.2 Å². The summed E-state index contributed by atoms with van der Waals surface area (Å²) in [5, 5.41) is 0. The Kier molecular flexibility index (Phi) is 5.40. The monoisotopic (exact) mass is 322 g/mol. The highest BCUT2D eigenvalue weighted by molar-refractivity contribution is 5.85. The van der Waals surface area contributed by atoms with Crippen LogP contribution in [-0.4, -0.2) is 0 Å². The molecule has 0 atom stereocenters. The number of rotatable bonds is 3. The molecule has 0 unspecified atom stereocenters. The van der Waals surface area contributed by atoms with Crippen molar-refractivity contribution in [2.75, 3.05) is 5.43 Å². The Hall–Kier alpha value is -1.99. The number of anilines is 1. The molecule has 2 aromatic carbocycles.